The number of benzene rings is 1. The van der Waals surface area contributed by atoms with Gasteiger partial charge in [-0.15, -0.1) is 12.4 Å². The summed E-state index contributed by atoms with van der Waals surface area (Å²) in [4.78, 5) is 24.5. The van der Waals surface area contributed by atoms with Crippen LogP contribution in [0.3, 0.4) is 0 Å². The van der Waals surface area contributed by atoms with Crippen LogP contribution in [0.2, 0.25) is 5.02 Å². The summed E-state index contributed by atoms with van der Waals surface area (Å²) < 4.78 is 0. The fourth-order valence-electron chi connectivity index (χ4n) is 3.06. The van der Waals surface area contributed by atoms with Crippen molar-refractivity contribution < 1.29 is 9.72 Å². The van der Waals surface area contributed by atoms with Gasteiger partial charge in [-0.1, -0.05) is 17.7 Å². The smallest absolute Gasteiger partial charge is 0.270 e. The maximum absolute atomic E-state index is 12.4. The molecule has 1 aromatic rings. The summed E-state index contributed by atoms with van der Waals surface area (Å²) in [6.45, 7) is 2.62. The first-order chi connectivity index (χ1) is 11.5. The molecule has 1 saturated heterocycles. The fourth-order valence-corrected chi connectivity index (χ4v) is 3.30. The second-order valence-electron chi connectivity index (χ2n) is 6.72. The summed E-state index contributed by atoms with van der Waals surface area (Å²) in [5, 5.41) is 14.6. The number of carbonyl (C=O) groups is 1. The maximum Gasteiger partial charge on any atom is 0.270 e. The fraction of sp³-hybridized carbons (Fsp3) is 0.588. The van der Waals surface area contributed by atoms with Gasteiger partial charge in [0.25, 0.3) is 5.69 Å². The summed E-state index contributed by atoms with van der Waals surface area (Å²) in [5.74, 6) is 0.903. The summed E-state index contributed by atoms with van der Waals surface area (Å²) in [7, 11) is 0. The molecule has 3 rings (SSSR count). The first-order valence-corrected chi connectivity index (χ1v) is 8.84. The third-order valence-corrected chi connectivity index (χ3v) is 5.18. The van der Waals surface area contributed by atoms with E-state index in [4.69, 9.17) is 11.6 Å². The number of nitro groups is 1. The highest BCUT2D eigenvalue weighted by Gasteiger charge is 2.26. The number of likely N-dealkylation sites (tertiary alicyclic amines) is 1. The minimum Gasteiger partial charge on any atom is -0.342 e. The number of hydrogen-bond acceptors (Lipinski definition) is 4. The van der Waals surface area contributed by atoms with Gasteiger partial charge in [-0.3, -0.25) is 14.9 Å². The van der Waals surface area contributed by atoms with Crippen LogP contribution >= 0.6 is 24.0 Å². The number of nitrogens with zero attached hydrogens (tertiary/aromatic N) is 2. The third kappa shape index (κ3) is 5.56. The molecule has 1 aliphatic heterocycles. The van der Waals surface area contributed by atoms with Crippen molar-refractivity contribution in [2.75, 3.05) is 19.6 Å². The second kappa shape index (κ2) is 8.83. The zero-order chi connectivity index (χ0) is 17.1. The van der Waals surface area contributed by atoms with Crippen LogP contribution in [0.15, 0.2) is 18.2 Å². The van der Waals surface area contributed by atoms with E-state index < -0.39 is 4.92 Å². The minimum atomic E-state index is -0.489. The first-order valence-electron chi connectivity index (χ1n) is 8.47. The Bertz CT molecular complexity index is 630. The van der Waals surface area contributed by atoms with E-state index in [0.29, 0.717) is 11.6 Å². The van der Waals surface area contributed by atoms with Gasteiger partial charge in [-0.05, 0) is 43.7 Å². The molecule has 2 aliphatic rings. The Kier molecular flexibility index (Phi) is 7.04. The molecule has 0 aromatic heterocycles. The van der Waals surface area contributed by atoms with Crippen molar-refractivity contribution in [3.05, 3.63) is 38.9 Å². The molecule has 1 aromatic carbocycles. The highest BCUT2D eigenvalue weighted by molar-refractivity contribution is 6.31. The van der Waals surface area contributed by atoms with Gasteiger partial charge in [0.2, 0.25) is 5.91 Å². The summed E-state index contributed by atoms with van der Waals surface area (Å²) >= 11 is 6.07. The van der Waals surface area contributed by atoms with Crippen molar-refractivity contribution in [2.45, 2.75) is 38.1 Å². The van der Waals surface area contributed by atoms with Gasteiger partial charge in [0.05, 0.1) is 16.4 Å². The number of nitro benzene ring substituents is 1. The summed E-state index contributed by atoms with van der Waals surface area (Å²) in [5.41, 5.74) is 0.583. The first kappa shape index (κ1) is 19.9. The largest absolute Gasteiger partial charge is 0.342 e. The zero-order valence-electron chi connectivity index (χ0n) is 13.9. The van der Waals surface area contributed by atoms with Crippen LogP contribution in [0.5, 0.6) is 0 Å². The van der Waals surface area contributed by atoms with Crippen molar-refractivity contribution in [3.8, 4) is 0 Å². The molecular formula is C17H23Cl2N3O3. The van der Waals surface area contributed by atoms with E-state index in [0.717, 1.165) is 38.4 Å². The Morgan fingerprint density at radius 1 is 1.28 bits per heavy atom. The van der Waals surface area contributed by atoms with Gasteiger partial charge in [0.1, 0.15) is 0 Å². The summed E-state index contributed by atoms with van der Waals surface area (Å²) in [6.07, 6.45) is 4.84. The van der Waals surface area contributed by atoms with Gasteiger partial charge in [0, 0.05) is 31.3 Å². The lowest BCUT2D eigenvalue weighted by atomic mass is 10.0. The predicted molar refractivity (Wildman–Crippen MR) is 99.4 cm³/mol. The van der Waals surface area contributed by atoms with Crippen LogP contribution in [0.25, 0.3) is 0 Å². The number of halogens is 2. The van der Waals surface area contributed by atoms with E-state index in [2.05, 4.69) is 5.32 Å². The number of nitrogens with one attached hydrogen (secondary N) is 1. The van der Waals surface area contributed by atoms with Crippen molar-refractivity contribution in [1.82, 2.24) is 10.2 Å². The number of hydrogen-bond donors (Lipinski definition) is 1. The number of rotatable bonds is 6. The maximum atomic E-state index is 12.4. The summed E-state index contributed by atoms with van der Waals surface area (Å²) in [6, 6.07) is 4.78. The van der Waals surface area contributed by atoms with Crippen molar-refractivity contribution in [1.29, 1.82) is 0 Å². The molecular weight excluding hydrogens is 365 g/mol. The Balaban J connectivity index is 0.00000225. The highest BCUT2D eigenvalue weighted by atomic mass is 35.5. The standard InChI is InChI=1S/C17H22ClN3O3.ClH/c18-16-10-15(21(23)24)4-3-13(16)9-17(22)20-7-5-14(6-8-20)19-11-12-1-2-12;/h3-4,10,12,14,19H,1-2,5-9,11H2;1H. The molecule has 0 radical (unpaired) electrons. The van der Waals surface area contributed by atoms with E-state index in [1.54, 1.807) is 6.07 Å². The lowest BCUT2D eigenvalue weighted by Crippen LogP contribution is -2.45. The SMILES string of the molecule is Cl.O=C(Cc1ccc([N+](=O)[O-])cc1Cl)N1CCC(NCC2CC2)CC1. The lowest BCUT2D eigenvalue weighted by molar-refractivity contribution is -0.384. The monoisotopic (exact) mass is 387 g/mol. The van der Waals surface area contributed by atoms with Gasteiger partial charge < -0.3 is 10.2 Å². The molecule has 6 nitrogen and oxygen atoms in total. The van der Waals surface area contributed by atoms with Crippen LogP contribution in [-0.4, -0.2) is 41.4 Å². The highest BCUT2D eigenvalue weighted by Crippen LogP contribution is 2.28. The van der Waals surface area contributed by atoms with Crippen molar-refractivity contribution >= 4 is 35.6 Å². The van der Waals surface area contributed by atoms with Crippen LogP contribution in [-0.2, 0) is 11.2 Å². The molecule has 8 heteroatoms. The average Bonchev–Trinajstić information content (AvgIpc) is 3.39. The molecule has 1 aliphatic carbocycles. The molecule has 0 bridgehead atoms. The van der Waals surface area contributed by atoms with Crippen LogP contribution in [0, 0.1) is 16.0 Å². The van der Waals surface area contributed by atoms with Crippen LogP contribution in [0.1, 0.15) is 31.2 Å². The second-order valence-corrected chi connectivity index (χ2v) is 7.12. The molecule has 0 atom stereocenters. The molecule has 2 fully saturated rings. The molecule has 25 heavy (non-hydrogen) atoms. The quantitative estimate of drug-likeness (QED) is 0.600. The van der Waals surface area contributed by atoms with Crippen molar-refractivity contribution in [3.63, 3.8) is 0 Å². The number of piperidine rings is 1. The Morgan fingerprint density at radius 3 is 2.52 bits per heavy atom. The molecule has 1 amide bonds. The molecule has 1 N–H and O–H groups in total. The van der Waals surface area contributed by atoms with Crippen molar-refractivity contribution in [2.24, 2.45) is 5.92 Å². The van der Waals surface area contributed by atoms with Gasteiger partial charge in [-0.25, -0.2) is 0 Å². The number of amides is 1. The molecule has 1 saturated carbocycles. The zero-order valence-corrected chi connectivity index (χ0v) is 15.5. The minimum absolute atomic E-state index is 0. The number of carbonyl (C=O) groups excluding carboxylic acids is 1. The normalized spacial score (nSPS) is 17.9. The van der Waals surface area contributed by atoms with E-state index in [-0.39, 0.29) is 35.4 Å². The van der Waals surface area contributed by atoms with Crippen LogP contribution < -0.4 is 5.32 Å². The Hall–Kier alpha value is -1.37. The molecule has 1 heterocycles. The van der Waals surface area contributed by atoms with E-state index in [1.165, 1.54) is 25.0 Å². The van der Waals surface area contributed by atoms with Gasteiger partial charge in [-0.2, -0.15) is 0 Å². The average molecular weight is 388 g/mol. The topological polar surface area (TPSA) is 75.5 Å². The number of non-ortho nitro benzene ring substituents is 1. The Labute approximate surface area is 158 Å². The van der Waals surface area contributed by atoms with Gasteiger partial charge >= 0.3 is 0 Å². The lowest BCUT2D eigenvalue weighted by Gasteiger charge is -2.32. The predicted octanol–water partition coefficient (Wildman–Crippen LogP) is 3.20. The van der Waals surface area contributed by atoms with E-state index in [1.807, 2.05) is 4.90 Å². The molecule has 138 valence electrons. The van der Waals surface area contributed by atoms with E-state index >= 15 is 0 Å². The molecule has 0 unspecified atom stereocenters. The third-order valence-electron chi connectivity index (χ3n) is 4.83. The Morgan fingerprint density at radius 2 is 1.96 bits per heavy atom. The van der Waals surface area contributed by atoms with Crippen LogP contribution in [0.4, 0.5) is 5.69 Å². The molecule has 0 spiro atoms. The van der Waals surface area contributed by atoms with E-state index in [9.17, 15) is 14.9 Å². The van der Waals surface area contributed by atoms with Gasteiger partial charge in [0.15, 0.2) is 0 Å².